The molecule has 3 aromatic rings. The van der Waals surface area contributed by atoms with E-state index < -0.39 is 5.82 Å². The maximum atomic E-state index is 14.0. The van der Waals surface area contributed by atoms with Crippen molar-refractivity contribution in [1.29, 1.82) is 5.26 Å². The van der Waals surface area contributed by atoms with Crippen LogP contribution in [0.3, 0.4) is 0 Å². The molecule has 1 N–H and O–H groups in total. The van der Waals surface area contributed by atoms with E-state index in [1.807, 2.05) is 41.1 Å². The molecule has 0 saturated carbocycles. The number of aromatic nitrogens is 1. The monoisotopic (exact) mass is 280 g/mol. The van der Waals surface area contributed by atoms with E-state index in [0.717, 1.165) is 16.5 Å². The van der Waals surface area contributed by atoms with E-state index in [4.69, 9.17) is 5.26 Å². The molecule has 21 heavy (non-hydrogen) atoms. The number of rotatable bonds is 3. The van der Waals surface area contributed by atoms with Gasteiger partial charge < -0.3 is 9.67 Å². The fraction of sp³-hybridized carbons (Fsp3) is 0.118. The SMILES string of the molecule is N#Cc1ccc(Cn2ccc3cccc(CO)c32)c(F)c1. The van der Waals surface area contributed by atoms with Gasteiger partial charge in [-0.05, 0) is 23.6 Å². The molecule has 3 rings (SSSR count). The van der Waals surface area contributed by atoms with Crippen molar-refractivity contribution in [2.75, 3.05) is 0 Å². The zero-order valence-electron chi connectivity index (χ0n) is 11.3. The van der Waals surface area contributed by atoms with Gasteiger partial charge in [0.15, 0.2) is 0 Å². The lowest BCUT2D eigenvalue weighted by molar-refractivity contribution is 0.283. The zero-order valence-corrected chi connectivity index (χ0v) is 11.3. The van der Waals surface area contributed by atoms with Crippen LogP contribution in [0.1, 0.15) is 16.7 Å². The van der Waals surface area contributed by atoms with Gasteiger partial charge >= 0.3 is 0 Å². The highest BCUT2D eigenvalue weighted by molar-refractivity contribution is 5.83. The predicted molar refractivity (Wildman–Crippen MR) is 78.1 cm³/mol. The molecule has 2 aromatic carbocycles. The number of benzene rings is 2. The molecule has 3 nitrogen and oxygen atoms in total. The topological polar surface area (TPSA) is 49.0 Å². The first-order valence-electron chi connectivity index (χ1n) is 6.59. The van der Waals surface area contributed by atoms with Crippen molar-refractivity contribution in [3.63, 3.8) is 0 Å². The summed E-state index contributed by atoms with van der Waals surface area (Å²) in [5.74, 6) is -0.391. The molecule has 104 valence electrons. The second-order valence-electron chi connectivity index (χ2n) is 4.87. The normalized spacial score (nSPS) is 10.7. The average molecular weight is 280 g/mol. The average Bonchev–Trinajstić information content (AvgIpc) is 2.92. The Hall–Kier alpha value is -2.64. The molecule has 1 heterocycles. The first-order chi connectivity index (χ1) is 10.2. The van der Waals surface area contributed by atoms with E-state index in [0.29, 0.717) is 17.7 Å². The Morgan fingerprint density at radius 2 is 2.00 bits per heavy atom. The summed E-state index contributed by atoms with van der Waals surface area (Å²) in [6, 6.07) is 14.0. The van der Waals surface area contributed by atoms with E-state index in [2.05, 4.69) is 0 Å². The number of nitrogens with zero attached hydrogens (tertiary/aromatic N) is 2. The van der Waals surface area contributed by atoms with Crippen molar-refractivity contribution in [2.24, 2.45) is 0 Å². The molecule has 0 fully saturated rings. The summed E-state index contributed by atoms with van der Waals surface area (Å²) in [6.45, 7) is 0.301. The molecule has 4 heteroatoms. The molecule has 0 amide bonds. The first-order valence-corrected chi connectivity index (χ1v) is 6.59. The number of aliphatic hydroxyl groups is 1. The third-order valence-corrected chi connectivity index (χ3v) is 3.57. The van der Waals surface area contributed by atoms with Gasteiger partial charge in [-0.3, -0.25) is 0 Å². The smallest absolute Gasteiger partial charge is 0.129 e. The molecule has 0 unspecified atom stereocenters. The minimum absolute atomic E-state index is 0.0583. The van der Waals surface area contributed by atoms with Crippen LogP contribution >= 0.6 is 0 Å². The number of hydrogen-bond donors (Lipinski definition) is 1. The van der Waals surface area contributed by atoms with Gasteiger partial charge in [-0.2, -0.15) is 5.26 Å². The van der Waals surface area contributed by atoms with E-state index in [1.54, 1.807) is 12.1 Å². The Morgan fingerprint density at radius 1 is 1.14 bits per heavy atom. The molecule has 0 aliphatic heterocycles. The predicted octanol–water partition coefficient (Wildman–Crippen LogP) is 3.19. The largest absolute Gasteiger partial charge is 0.392 e. The second-order valence-corrected chi connectivity index (χ2v) is 4.87. The molecule has 0 atom stereocenters. The fourth-order valence-electron chi connectivity index (χ4n) is 2.53. The molecular weight excluding hydrogens is 267 g/mol. The molecule has 0 bridgehead atoms. The quantitative estimate of drug-likeness (QED) is 0.801. The van der Waals surface area contributed by atoms with Crippen LogP contribution in [0.4, 0.5) is 4.39 Å². The molecular formula is C17H13FN2O. The number of para-hydroxylation sites is 1. The van der Waals surface area contributed by atoms with Gasteiger partial charge in [-0.15, -0.1) is 0 Å². The Bertz CT molecular complexity index is 846. The summed E-state index contributed by atoms with van der Waals surface area (Å²) in [6.07, 6.45) is 1.88. The Balaban J connectivity index is 2.05. The third kappa shape index (κ3) is 2.39. The fourth-order valence-corrected chi connectivity index (χ4v) is 2.53. The maximum Gasteiger partial charge on any atom is 0.129 e. The highest BCUT2D eigenvalue weighted by Crippen LogP contribution is 2.22. The van der Waals surface area contributed by atoms with Crippen LogP contribution in [0.25, 0.3) is 10.9 Å². The summed E-state index contributed by atoms with van der Waals surface area (Å²) in [5.41, 5.74) is 2.54. The van der Waals surface area contributed by atoms with Crippen LogP contribution in [0, 0.1) is 17.1 Å². The molecule has 0 spiro atoms. The van der Waals surface area contributed by atoms with Gasteiger partial charge in [-0.25, -0.2) is 4.39 Å². The maximum absolute atomic E-state index is 14.0. The van der Waals surface area contributed by atoms with E-state index >= 15 is 0 Å². The minimum atomic E-state index is -0.391. The second kappa shape index (κ2) is 5.39. The van der Waals surface area contributed by atoms with Crippen molar-refractivity contribution in [3.8, 4) is 6.07 Å². The van der Waals surface area contributed by atoms with E-state index in [-0.39, 0.29) is 6.61 Å². The number of aliphatic hydroxyl groups excluding tert-OH is 1. The van der Waals surface area contributed by atoms with Gasteiger partial charge in [0.25, 0.3) is 0 Å². The minimum Gasteiger partial charge on any atom is -0.392 e. The van der Waals surface area contributed by atoms with Gasteiger partial charge in [-0.1, -0.05) is 24.3 Å². The molecule has 0 radical (unpaired) electrons. The van der Waals surface area contributed by atoms with Crippen LogP contribution in [-0.4, -0.2) is 9.67 Å². The number of halogens is 1. The number of nitriles is 1. The molecule has 0 aliphatic rings. The molecule has 1 aromatic heterocycles. The summed E-state index contributed by atoms with van der Waals surface area (Å²) in [7, 11) is 0. The summed E-state index contributed by atoms with van der Waals surface area (Å²) in [5, 5.41) is 19.2. The number of hydrogen-bond acceptors (Lipinski definition) is 2. The van der Waals surface area contributed by atoms with E-state index in [9.17, 15) is 9.50 Å². The highest BCUT2D eigenvalue weighted by Gasteiger charge is 2.09. The van der Waals surface area contributed by atoms with Crippen LogP contribution in [0.15, 0.2) is 48.7 Å². The lowest BCUT2D eigenvalue weighted by Crippen LogP contribution is -2.02. The summed E-state index contributed by atoms with van der Waals surface area (Å²) >= 11 is 0. The lowest BCUT2D eigenvalue weighted by Gasteiger charge is -2.09. The number of fused-ring (bicyclic) bond motifs is 1. The van der Waals surface area contributed by atoms with Crippen LogP contribution in [0.2, 0.25) is 0 Å². The van der Waals surface area contributed by atoms with Crippen molar-refractivity contribution in [1.82, 2.24) is 4.57 Å². The standard InChI is InChI=1S/C17H13FN2O/c18-16-8-12(9-19)4-5-14(16)10-20-7-6-13-2-1-3-15(11-21)17(13)20/h1-8,21H,10-11H2. The van der Waals surface area contributed by atoms with E-state index in [1.165, 1.54) is 6.07 Å². The highest BCUT2D eigenvalue weighted by atomic mass is 19.1. The van der Waals surface area contributed by atoms with Crippen LogP contribution in [-0.2, 0) is 13.2 Å². The molecule has 0 aliphatic carbocycles. The van der Waals surface area contributed by atoms with Crippen molar-refractivity contribution in [2.45, 2.75) is 13.2 Å². The van der Waals surface area contributed by atoms with Crippen molar-refractivity contribution >= 4 is 10.9 Å². The van der Waals surface area contributed by atoms with Gasteiger partial charge in [0, 0.05) is 17.3 Å². The van der Waals surface area contributed by atoms with Crippen molar-refractivity contribution < 1.29 is 9.50 Å². The zero-order chi connectivity index (χ0) is 14.8. The third-order valence-electron chi connectivity index (χ3n) is 3.57. The molecule has 0 saturated heterocycles. The van der Waals surface area contributed by atoms with Crippen LogP contribution in [0.5, 0.6) is 0 Å². The lowest BCUT2D eigenvalue weighted by atomic mass is 10.1. The van der Waals surface area contributed by atoms with Gasteiger partial charge in [0.2, 0.25) is 0 Å². The van der Waals surface area contributed by atoms with Gasteiger partial charge in [0.1, 0.15) is 5.82 Å². The summed E-state index contributed by atoms with van der Waals surface area (Å²) in [4.78, 5) is 0. The van der Waals surface area contributed by atoms with Gasteiger partial charge in [0.05, 0.1) is 30.3 Å². The Kier molecular flexibility index (Phi) is 3.43. The van der Waals surface area contributed by atoms with Crippen LogP contribution < -0.4 is 0 Å². The summed E-state index contributed by atoms with van der Waals surface area (Å²) < 4.78 is 15.9. The van der Waals surface area contributed by atoms with Crippen molar-refractivity contribution in [3.05, 3.63) is 71.2 Å². The first kappa shape index (κ1) is 13.3. The Labute approximate surface area is 121 Å². The Morgan fingerprint density at radius 3 is 2.71 bits per heavy atom.